The molecule has 2 atom stereocenters. The Morgan fingerprint density at radius 2 is 0.770 bits per heavy atom. The molecule has 0 spiro atoms. The predicted molar refractivity (Wildman–Crippen MR) is 315 cm³/mol. The van der Waals surface area contributed by atoms with Crippen LogP contribution in [0.5, 0.6) is 0 Å². The van der Waals surface area contributed by atoms with Crippen LogP contribution in [0.3, 0.4) is 0 Å². The summed E-state index contributed by atoms with van der Waals surface area (Å²) in [6.07, 6.45) is 0. The van der Waals surface area contributed by atoms with E-state index in [0.717, 1.165) is 0 Å². The molecule has 2 heteroatoms. The number of hydrogen-bond donors (Lipinski definition) is 0. The molecular formula is C72H60N2. The van der Waals surface area contributed by atoms with Gasteiger partial charge in [-0.3, -0.25) is 0 Å². The van der Waals surface area contributed by atoms with E-state index >= 15 is 0 Å². The van der Waals surface area contributed by atoms with Gasteiger partial charge in [-0.1, -0.05) is 189 Å². The Morgan fingerprint density at radius 3 is 1.34 bits per heavy atom. The van der Waals surface area contributed by atoms with E-state index in [1.165, 1.54) is 144 Å². The minimum absolute atomic E-state index is 0.0224. The lowest BCUT2D eigenvalue weighted by Gasteiger charge is -2.33. The third kappa shape index (κ3) is 6.12. The Balaban J connectivity index is 0.00000249. The van der Waals surface area contributed by atoms with E-state index in [9.17, 15) is 0 Å². The fraction of sp³-hybridized carbons (Fsp3) is 0.167. The fourth-order valence-corrected chi connectivity index (χ4v) is 13.9. The quantitative estimate of drug-likeness (QED) is 0.166. The maximum Gasteiger partial charge on any atom is 0.0582 e. The number of nitrogens with zero attached hydrogens (tertiary/aromatic N) is 2. The first-order valence-electron chi connectivity index (χ1n) is 26.9. The van der Waals surface area contributed by atoms with Crippen LogP contribution in [0.25, 0.3) is 111 Å². The van der Waals surface area contributed by atoms with Crippen LogP contribution in [-0.4, -0.2) is 9.13 Å². The molecule has 3 aliphatic rings. The zero-order chi connectivity index (χ0) is 50.4. The largest absolute Gasteiger partial charge is 0.309 e. The summed E-state index contributed by atoms with van der Waals surface area (Å²) in [4.78, 5) is 0. The number of para-hydroxylation sites is 2. The van der Waals surface area contributed by atoms with Crippen molar-refractivity contribution in [2.75, 3.05) is 0 Å². The molecule has 0 fully saturated rings. The maximum absolute atomic E-state index is 2.56. The van der Waals surface area contributed by atoms with E-state index < -0.39 is 0 Å². The molecule has 2 unspecified atom stereocenters. The van der Waals surface area contributed by atoms with Crippen LogP contribution in [0.4, 0.5) is 0 Å². The van der Waals surface area contributed by atoms with Crippen LogP contribution >= 0.6 is 0 Å². The van der Waals surface area contributed by atoms with Gasteiger partial charge in [0.25, 0.3) is 0 Å². The second-order valence-electron chi connectivity index (χ2n) is 22.1. The fourth-order valence-electron chi connectivity index (χ4n) is 13.9. The number of hydrogen-bond acceptors (Lipinski definition) is 0. The Morgan fingerprint density at radius 1 is 0.324 bits per heavy atom. The molecule has 10 aromatic carbocycles. The first-order valence-corrected chi connectivity index (χ1v) is 26.9. The van der Waals surface area contributed by atoms with Crippen LogP contribution in [-0.2, 0) is 10.8 Å². The average Bonchev–Trinajstić information content (AvgIpc) is 4.10. The summed E-state index contributed by atoms with van der Waals surface area (Å²) < 4.78 is 5.06. The topological polar surface area (TPSA) is 9.86 Å². The normalized spacial score (nSPS) is 16.3. The molecule has 2 nitrogen and oxygen atoms in total. The molecule has 15 rings (SSSR count). The van der Waals surface area contributed by atoms with Gasteiger partial charge in [0.15, 0.2) is 0 Å². The van der Waals surface area contributed by atoms with Crippen molar-refractivity contribution in [3.05, 3.63) is 240 Å². The first-order chi connectivity index (χ1) is 36.1. The third-order valence-electron chi connectivity index (χ3n) is 17.8. The smallest absolute Gasteiger partial charge is 0.0582 e. The molecule has 12 aromatic rings. The van der Waals surface area contributed by atoms with Crippen molar-refractivity contribution in [1.29, 1.82) is 0 Å². The Kier molecular flexibility index (Phi) is 9.71. The van der Waals surface area contributed by atoms with E-state index in [1.807, 2.05) is 13.8 Å². The Bertz CT molecular complexity index is 4170. The lowest BCUT2D eigenvalue weighted by molar-refractivity contribution is 0.619. The molecule has 358 valence electrons. The molecule has 3 aliphatic carbocycles. The predicted octanol–water partition coefficient (Wildman–Crippen LogP) is 19.7. The molecule has 0 saturated heterocycles. The van der Waals surface area contributed by atoms with Crippen molar-refractivity contribution in [3.8, 4) is 67.0 Å². The van der Waals surface area contributed by atoms with Crippen LogP contribution in [0.2, 0.25) is 0 Å². The van der Waals surface area contributed by atoms with E-state index in [0.29, 0.717) is 0 Å². The molecule has 0 N–H and O–H groups in total. The Labute approximate surface area is 435 Å². The van der Waals surface area contributed by atoms with E-state index in [-0.39, 0.29) is 22.7 Å². The van der Waals surface area contributed by atoms with Crippen molar-refractivity contribution < 1.29 is 0 Å². The summed E-state index contributed by atoms with van der Waals surface area (Å²) >= 11 is 0. The highest BCUT2D eigenvalue weighted by atomic mass is 15.0. The van der Waals surface area contributed by atoms with Crippen LogP contribution in [0.1, 0.15) is 101 Å². The van der Waals surface area contributed by atoms with Crippen LogP contribution in [0, 0.1) is 0 Å². The van der Waals surface area contributed by atoms with Gasteiger partial charge in [-0.05, 0) is 174 Å². The average molecular weight is 953 g/mol. The summed E-state index contributed by atoms with van der Waals surface area (Å²) in [6, 6.07) is 78.5. The van der Waals surface area contributed by atoms with E-state index in [4.69, 9.17) is 0 Å². The highest BCUT2D eigenvalue weighted by molar-refractivity contribution is 6.15. The van der Waals surface area contributed by atoms with Gasteiger partial charge in [0.05, 0.1) is 22.1 Å². The van der Waals surface area contributed by atoms with Crippen LogP contribution < -0.4 is 0 Å². The van der Waals surface area contributed by atoms with Crippen molar-refractivity contribution in [2.45, 2.75) is 78.1 Å². The standard InChI is InChI=1S/C70H54N2.C2H6/c1-41-42(2)67-51(29-30-52-57-37-45(28-34-65(57)72(68(52)67)48-19-11-8-12-20-48)43-25-31-62-55(35-43)49-21-13-15-23-60(49)69(62,3)4)54-40-66-59(39-53(41)54)58-38-46(27-33-64(58)71(66)47-17-9-7-10-18-47)44-26-32-63-56(36-44)50-22-14-16-24-61(50)70(63,5)6;1-2/h7-42H,1-6H3;1-2H3. The van der Waals surface area contributed by atoms with E-state index in [2.05, 4.69) is 257 Å². The van der Waals surface area contributed by atoms with Gasteiger partial charge in [0.2, 0.25) is 0 Å². The second kappa shape index (κ2) is 16.1. The maximum atomic E-state index is 2.56. The second-order valence-corrected chi connectivity index (χ2v) is 22.1. The van der Waals surface area contributed by atoms with Gasteiger partial charge in [-0.2, -0.15) is 0 Å². The molecule has 2 aromatic heterocycles. The molecule has 74 heavy (non-hydrogen) atoms. The minimum Gasteiger partial charge on any atom is -0.309 e. The minimum atomic E-state index is -0.0224. The lowest BCUT2D eigenvalue weighted by atomic mass is 9.72. The highest BCUT2D eigenvalue weighted by Crippen LogP contribution is 2.55. The highest BCUT2D eigenvalue weighted by Gasteiger charge is 2.37. The van der Waals surface area contributed by atoms with Gasteiger partial charge in [0.1, 0.15) is 0 Å². The monoisotopic (exact) mass is 952 g/mol. The molecule has 0 amide bonds. The zero-order valence-electron chi connectivity index (χ0n) is 43.7. The molecule has 0 saturated carbocycles. The van der Waals surface area contributed by atoms with Crippen LogP contribution in [0.15, 0.2) is 206 Å². The van der Waals surface area contributed by atoms with Gasteiger partial charge in [0, 0.05) is 43.7 Å². The molecule has 0 aliphatic heterocycles. The Hall–Kier alpha value is -8.20. The van der Waals surface area contributed by atoms with E-state index in [1.54, 1.807) is 0 Å². The van der Waals surface area contributed by atoms with Crippen molar-refractivity contribution in [1.82, 2.24) is 9.13 Å². The number of fused-ring (bicyclic) bond motifs is 16. The molecular weight excluding hydrogens is 893 g/mol. The summed E-state index contributed by atoms with van der Waals surface area (Å²) in [5, 5.41) is 5.17. The molecule has 0 radical (unpaired) electrons. The van der Waals surface area contributed by atoms with Crippen molar-refractivity contribution in [2.24, 2.45) is 0 Å². The van der Waals surface area contributed by atoms with Gasteiger partial charge >= 0.3 is 0 Å². The zero-order valence-corrected chi connectivity index (χ0v) is 43.7. The summed E-state index contributed by atoms with van der Waals surface area (Å²) in [5.41, 5.74) is 28.9. The number of rotatable bonds is 4. The van der Waals surface area contributed by atoms with Crippen molar-refractivity contribution >= 4 is 43.6 Å². The first kappa shape index (κ1) is 44.5. The summed E-state index contributed by atoms with van der Waals surface area (Å²) in [5.74, 6) is 0.536. The number of benzene rings is 10. The van der Waals surface area contributed by atoms with Gasteiger partial charge < -0.3 is 9.13 Å². The molecule has 2 heterocycles. The van der Waals surface area contributed by atoms with Crippen molar-refractivity contribution in [3.63, 3.8) is 0 Å². The van der Waals surface area contributed by atoms with Gasteiger partial charge in [-0.15, -0.1) is 0 Å². The number of aromatic nitrogens is 2. The lowest BCUT2D eigenvalue weighted by Crippen LogP contribution is -2.15. The molecule has 0 bridgehead atoms. The van der Waals surface area contributed by atoms with Gasteiger partial charge in [-0.25, -0.2) is 0 Å². The summed E-state index contributed by atoms with van der Waals surface area (Å²) in [6.45, 7) is 18.4. The summed E-state index contributed by atoms with van der Waals surface area (Å²) in [7, 11) is 0. The SMILES string of the molecule is CC.CC1c2cc3c4cc(-c5ccc6c(c5)-c5ccccc5C6(C)C)ccc4n(-c4ccccc4)c3cc2-c2ccc3c4cc(-c5ccc6c(c5)-c5ccccc5C6(C)C)ccc4n(-c4ccccc4)c3c2C1C. The third-order valence-corrected chi connectivity index (χ3v) is 17.8.